The van der Waals surface area contributed by atoms with Gasteiger partial charge in [0.15, 0.2) is 0 Å². The van der Waals surface area contributed by atoms with Crippen LogP contribution in [-0.2, 0) is 22.6 Å². The molecule has 0 atom stereocenters. The minimum absolute atomic E-state index is 0.0448. The zero-order valence-corrected chi connectivity index (χ0v) is 22.4. The highest BCUT2D eigenvalue weighted by Gasteiger charge is 2.30. The van der Waals surface area contributed by atoms with Gasteiger partial charge in [0.05, 0.1) is 18.1 Å². The third-order valence-corrected chi connectivity index (χ3v) is 7.30. The summed E-state index contributed by atoms with van der Waals surface area (Å²) in [5, 5.41) is 11.1. The third kappa shape index (κ3) is 7.54. The molecule has 0 saturated heterocycles. The fraction of sp³-hybridized carbons (Fsp3) is 0.400. The van der Waals surface area contributed by atoms with Crippen LogP contribution in [0.4, 0.5) is 5.69 Å². The fourth-order valence-electron chi connectivity index (χ4n) is 5.11. The number of methoxy groups -OCH3 is 1. The number of nitro benzene ring substituents is 1. The lowest BCUT2D eigenvalue weighted by Gasteiger charge is -2.35. The van der Waals surface area contributed by atoms with Gasteiger partial charge in [-0.25, -0.2) is 0 Å². The summed E-state index contributed by atoms with van der Waals surface area (Å²) >= 11 is 0. The van der Waals surface area contributed by atoms with Gasteiger partial charge in [-0.1, -0.05) is 49.6 Å². The van der Waals surface area contributed by atoms with Crippen molar-refractivity contribution in [2.24, 2.45) is 0 Å². The quantitative estimate of drug-likeness (QED) is 0.244. The Hall–Kier alpha value is -3.98. The molecule has 1 heterocycles. The number of benzene rings is 2. The molecule has 1 aliphatic carbocycles. The van der Waals surface area contributed by atoms with E-state index in [0.717, 1.165) is 37.8 Å². The standard InChI is InChI=1S/C30H36N4O5/c1-39-20-19-32(22-28-13-8-18-31(28)21-24-9-4-2-5-10-24)29(35)23-33(26-11-6-3-7-12-26)30(36)25-14-16-27(17-15-25)34(37)38/h2,4-5,8-10,13-18,26H,3,6-7,11-12,19-23H2,1H3. The largest absolute Gasteiger partial charge is 0.383 e. The molecule has 1 aromatic heterocycles. The summed E-state index contributed by atoms with van der Waals surface area (Å²) in [5.74, 6) is -0.426. The molecule has 1 fully saturated rings. The molecule has 39 heavy (non-hydrogen) atoms. The number of nitro groups is 1. The summed E-state index contributed by atoms with van der Waals surface area (Å²) in [4.78, 5) is 41.4. The van der Waals surface area contributed by atoms with Gasteiger partial charge in [0.1, 0.15) is 6.54 Å². The third-order valence-electron chi connectivity index (χ3n) is 7.30. The second-order valence-electron chi connectivity index (χ2n) is 9.95. The zero-order chi connectivity index (χ0) is 27.6. The van der Waals surface area contributed by atoms with Crippen molar-refractivity contribution < 1.29 is 19.2 Å². The number of non-ortho nitro benzene ring substituents is 1. The van der Waals surface area contributed by atoms with E-state index < -0.39 is 4.92 Å². The van der Waals surface area contributed by atoms with E-state index in [-0.39, 0.29) is 30.1 Å². The molecule has 0 unspecified atom stereocenters. The normalized spacial score (nSPS) is 13.7. The Bertz CT molecular complexity index is 1240. The molecular formula is C30H36N4O5. The lowest BCUT2D eigenvalue weighted by Crippen LogP contribution is -2.48. The Labute approximate surface area is 229 Å². The van der Waals surface area contributed by atoms with Crippen molar-refractivity contribution in [2.45, 2.75) is 51.2 Å². The second-order valence-corrected chi connectivity index (χ2v) is 9.95. The van der Waals surface area contributed by atoms with E-state index in [4.69, 9.17) is 4.74 Å². The van der Waals surface area contributed by atoms with Gasteiger partial charge >= 0.3 is 0 Å². The van der Waals surface area contributed by atoms with E-state index in [1.54, 1.807) is 16.9 Å². The van der Waals surface area contributed by atoms with Gasteiger partial charge in [-0.2, -0.15) is 0 Å². The molecule has 2 aromatic carbocycles. The van der Waals surface area contributed by atoms with Gasteiger partial charge in [-0.15, -0.1) is 0 Å². The minimum atomic E-state index is -0.488. The maximum absolute atomic E-state index is 13.8. The average Bonchev–Trinajstić information content (AvgIpc) is 3.40. The van der Waals surface area contributed by atoms with Crippen molar-refractivity contribution in [3.63, 3.8) is 0 Å². The van der Waals surface area contributed by atoms with Gasteiger partial charge in [0.25, 0.3) is 11.6 Å². The van der Waals surface area contributed by atoms with Crippen LogP contribution in [0.3, 0.4) is 0 Å². The van der Waals surface area contributed by atoms with Crippen LogP contribution in [0, 0.1) is 10.1 Å². The van der Waals surface area contributed by atoms with Crippen LogP contribution in [0.1, 0.15) is 53.7 Å². The highest BCUT2D eigenvalue weighted by Crippen LogP contribution is 2.25. The molecule has 2 amide bonds. The van der Waals surface area contributed by atoms with E-state index in [1.807, 2.05) is 36.5 Å². The number of rotatable bonds is 12. The molecule has 3 aromatic rings. The summed E-state index contributed by atoms with van der Waals surface area (Å²) in [7, 11) is 1.60. The average molecular weight is 533 g/mol. The number of hydrogen-bond acceptors (Lipinski definition) is 5. The Morgan fingerprint density at radius 2 is 1.72 bits per heavy atom. The molecule has 0 spiro atoms. The van der Waals surface area contributed by atoms with E-state index in [0.29, 0.717) is 31.8 Å². The van der Waals surface area contributed by atoms with Gasteiger partial charge in [-0.05, 0) is 42.7 Å². The zero-order valence-electron chi connectivity index (χ0n) is 22.4. The first-order valence-electron chi connectivity index (χ1n) is 13.5. The van der Waals surface area contributed by atoms with Crippen LogP contribution in [0.5, 0.6) is 0 Å². The van der Waals surface area contributed by atoms with E-state index in [9.17, 15) is 19.7 Å². The van der Waals surface area contributed by atoms with Crippen LogP contribution >= 0.6 is 0 Å². The van der Waals surface area contributed by atoms with Gasteiger partial charge in [-0.3, -0.25) is 19.7 Å². The smallest absolute Gasteiger partial charge is 0.269 e. The highest BCUT2D eigenvalue weighted by atomic mass is 16.6. The summed E-state index contributed by atoms with van der Waals surface area (Å²) in [6.07, 6.45) is 6.80. The molecular weight excluding hydrogens is 496 g/mol. The maximum atomic E-state index is 13.8. The summed E-state index contributed by atoms with van der Waals surface area (Å²) in [6.45, 7) is 1.82. The first kappa shape index (κ1) is 28.0. The highest BCUT2D eigenvalue weighted by molar-refractivity contribution is 5.97. The van der Waals surface area contributed by atoms with E-state index in [2.05, 4.69) is 16.7 Å². The Kier molecular flexibility index (Phi) is 9.85. The Morgan fingerprint density at radius 1 is 1.00 bits per heavy atom. The van der Waals surface area contributed by atoms with Gasteiger partial charge in [0, 0.05) is 55.8 Å². The van der Waals surface area contributed by atoms with Crippen LogP contribution in [0.2, 0.25) is 0 Å². The number of aromatic nitrogens is 1. The van der Waals surface area contributed by atoms with Crippen molar-refractivity contribution in [1.82, 2.24) is 14.4 Å². The topological polar surface area (TPSA) is 97.9 Å². The molecule has 0 N–H and O–H groups in total. The molecule has 4 rings (SSSR count). The Morgan fingerprint density at radius 3 is 2.38 bits per heavy atom. The maximum Gasteiger partial charge on any atom is 0.269 e. The molecule has 9 heteroatoms. The van der Waals surface area contributed by atoms with Crippen molar-refractivity contribution in [3.05, 3.63) is 99.9 Å². The van der Waals surface area contributed by atoms with Crippen molar-refractivity contribution in [3.8, 4) is 0 Å². The molecule has 9 nitrogen and oxygen atoms in total. The Balaban J connectivity index is 1.53. The second kappa shape index (κ2) is 13.7. The van der Waals surface area contributed by atoms with Crippen LogP contribution in [0.25, 0.3) is 0 Å². The minimum Gasteiger partial charge on any atom is -0.383 e. The predicted octanol–water partition coefficient (Wildman–Crippen LogP) is 4.89. The number of nitrogens with zero attached hydrogens (tertiary/aromatic N) is 4. The number of carbonyl (C=O) groups is 2. The first-order chi connectivity index (χ1) is 19.0. The number of hydrogen-bond donors (Lipinski definition) is 0. The molecule has 0 radical (unpaired) electrons. The summed E-state index contributed by atoms with van der Waals surface area (Å²) < 4.78 is 7.43. The summed E-state index contributed by atoms with van der Waals surface area (Å²) in [6, 6.07) is 19.7. The SMILES string of the molecule is COCCN(Cc1cccn1Cc1ccccc1)C(=O)CN(C(=O)c1ccc([N+](=O)[O-])cc1)C1CCCCC1. The molecule has 1 saturated carbocycles. The van der Waals surface area contributed by atoms with Crippen molar-refractivity contribution in [2.75, 3.05) is 26.8 Å². The number of ether oxygens (including phenoxy) is 1. The molecule has 0 bridgehead atoms. The lowest BCUT2D eigenvalue weighted by molar-refractivity contribution is -0.384. The van der Waals surface area contributed by atoms with Crippen LogP contribution < -0.4 is 0 Å². The van der Waals surface area contributed by atoms with Crippen LogP contribution in [0.15, 0.2) is 72.9 Å². The molecule has 0 aliphatic heterocycles. The van der Waals surface area contributed by atoms with E-state index in [1.165, 1.54) is 29.8 Å². The number of carbonyl (C=O) groups excluding carboxylic acids is 2. The van der Waals surface area contributed by atoms with E-state index >= 15 is 0 Å². The summed E-state index contributed by atoms with van der Waals surface area (Å²) in [5.41, 5.74) is 2.44. The lowest BCUT2D eigenvalue weighted by atomic mass is 9.93. The van der Waals surface area contributed by atoms with Gasteiger partial charge in [0.2, 0.25) is 5.91 Å². The van der Waals surface area contributed by atoms with Gasteiger partial charge < -0.3 is 19.1 Å². The molecule has 1 aliphatic rings. The predicted molar refractivity (Wildman–Crippen MR) is 148 cm³/mol. The van der Waals surface area contributed by atoms with Crippen molar-refractivity contribution >= 4 is 17.5 Å². The first-order valence-corrected chi connectivity index (χ1v) is 13.5. The number of amides is 2. The van der Waals surface area contributed by atoms with Crippen molar-refractivity contribution in [1.29, 1.82) is 0 Å². The molecule has 206 valence electrons. The van der Waals surface area contributed by atoms with Crippen LogP contribution in [-0.4, -0.2) is 64.0 Å². The monoisotopic (exact) mass is 532 g/mol. The fourth-order valence-corrected chi connectivity index (χ4v) is 5.11.